The maximum atomic E-state index is 12.5. The lowest BCUT2D eigenvalue weighted by molar-refractivity contribution is -0.117. The van der Waals surface area contributed by atoms with Crippen LogP contribution in [0.1, 0.15) is 51.5 Å². The molecule has 2 aliphatic rings. The van der Waals surface area contributed by atoms with Crippen molar-refractivity contribution in [2.24, 2.45) is 0 Å². The van der Waals surface area contributed by atoms with Gasteiger partial charge < -0.3 is 20.7 Å². The Kier molecular flexibility index (Phi) is 7.44. The number of nitrogens with one attached hydrogen (secondary N) is 1. The molecule has 3 heterocycles. The summed E-state index contributed by atoms with van der Waals surface area (Å²) in [5.41, 5.74) is 6.82. The molecule has 2 aliphatic heterocycles. The second-order valence-electron chi connectivity index (χ2n) is 7.79. The van der Waals surface area contributed by atoms with Crippen molar-refractivity contribution in [3.8, 4) is 6.01 Å². The van der Waals surface area contributed by atoms with Gasteiger partial charge in [0, 0.05) is 38.3 Å². The van der Waals surface area contributed by atoms with Gasteiger partial charge in [0.15, 0.2) is 0 Å². The summed E-state index contributed by atoms with van der Waals surface area (Å²) in [6, 6.07) is 0.274. The fourth-order valence-corrected chi connectivity index (χ4v) is 3.87. The number of hydrogen-bond donors (Lipinski definition) is 2. The number of nitrogens with zero attached hydrogens (tertiary/aromatic N) is 4. The van der Waals surface area contributed by atoms with Gasteiger partial charge in [-0.3, -0.25) is 9.69 Å². The summed E-state index contributed by atoms with van der Waals surface area (Å²) in [5.74, 6) is 1.05. The molecule has 0 bridgehead atoms. The van der Waals surface area contributed by atoms with E-state index < -0.39 is 0 Å². The topological polar surface area (TPSA) is 96.6 Å². The number of piperazine rings is 1. The zero-order chi connectivity index (χ0) is 19.9. The summed E-state index contributed by atoms with van der Waals surface area (Å²) in [6.45, 7) is 10.4. The van der Waals surface area contributed by atoms with Gasteiger partial charge in [0.1, 0.15) is 11.6 Å². The minimum absolute atomic E-state index is 0.0259. The molecule has 1 aromatic heterocycles. The first-order valence-corrected chi connectivity index (χ1v) is 10.6. The molecule has 1 atom stereocenters. The number of nitrogens with two attached hydrogens (primary N) is 1. The number of anilines is 2. The Morgan fingerprint density at radius 1 is 1.18 bits per heavy atom. The average Bonchev–Trinajstić information content (AvgIpc) is 2.99. The Hall–Kier alpha value is -1.93. The van der Waals surface area contributed by atoms with Crippen LogP contribution in [-0.2, 0) is 11.2 Å². The quantitative estimate of drug-likeness (QED) is 0.586. The molecule has 8 nitrogen and oxygen atoms in total. The van der Waals surface area contributed by atoms with Crippen LogP contribution >= 0.6 is 0 Å². The van der Waals surface area contributed by atoms with E-state index in [-0.39, 0.29) is 24.4 Å². The SMILES string of the molecule is CCC[C@H](C)Oc1nc(N)c2c(n1)N(CCCCCN1CCNCC1)C(=O)C2. The molecule has 1 aromatic rings. The summed E-state index contributed by atoms with van der Waals surface area (Å²) < 4.78 is 5.80. The van der Waals surface area contributed by atoms with Crippen LogP contribution in [0, 0.1) is 0 Å². The maximum Gasteiger partial charge on any atom is 0.320 e. The largest absolute Gasteiger partial charge is 0.460 e. The van der Waals surface area contributed by atoms with Crippen molar-refractivity contribution in [3.05, 3.63) is 5.56 Å². The molecular weight excluding hydrogens is 356 g/mol. The van der Waals surface area contributed by atoms with Crippen molar-refractivity contribution in [2.45, 2.75) is 58.5 Å². The monoisotopic (exact) mass is 390 g/mol. The molecule has 0 saturated carbocycles. The molecule has 0 unspecified atom stereocenters. The molecule has 3 rings (SSSR count). The Balaban J connectivity index is 1.53. The van der Waals surface area contributed by atoms with Gasteiger partial charge in [0.25, 0.3) is 0 Å². The fraction of sp³-hybridized carbons (Fsp3) is 0.750. The predicted octanol–water partition coefficient (Wildman–Crippen LogP) is 1.59. The number of amides is 1. The first kappa shape index (κ1) is 20.8. The average molecular weight is 391 g/mol. The van der Waals surface area contributed by atoms with Crippen molar-refractivity contribution in [3.63, 3.8) is 0 Å². The smallest absolute Gasteiger partial charge is 0.320 e. The lowest BCUT2D eigenvalue weighted by atomic mass is 10.2. The van der Waals surface area contributed by atoms with Crippen LogP contribution in [0.25, 0.3) is 0 Å². The molecule has 0 aliphatic carbocycles. The van der Waals surface area contributed by atoms with E-state index in [1.54, 1.807) is 4.90 Å². The maximum absolute atomic E-state index is 12.5. The highest BCUT2D eigenvalue weighted by molar-refractivity contribution is 6.01. The molecule has 156 valence electrons. The van der Waals surface area contributed by atoms with Crippen molar-refractivity contribution in [2.75, 3.05) is 49.9 Å². The van der Waals surface area contributed by atoms with Crippen molar-refractivity contribution in [1.29, 1.82) is 0 Å². The van der Waals surface area contributed by atoms with Crippen LogP contribution in [0.15, 0.2) is 0 Å². The van der Waals surface area contributed by atoms with Crippen LogP contribution in [-0.4, -0.2) is 66.1 Å². The van der Waals surface area contributed by atoms with Gasteiger partial charge in [0.2, 0.25) is 5.91 Å². The van der Waals surface area contributed by atoms with Crippen molar-refractivity contribution in [1.82, 2.24) is 20.2 Å². The van der Waals surface area contributed by atoms with Gasteiger partial charge in [-0.05, 0) is 32.7 Å². The number of ether oxygens (including phenoxy) is 1. The fourth-order valence-electron chi connectivity index (χ4n) is 3.87. The van der Waals surface area contributed by atoms with Gasteiger partial charge >= 0.3 is 6.01 Å². The van der Waals surface area contributed by atoms with E-state index in [4.69, 9.17) is 10.5 Å². The highest BCUT2D eigenvalue weighted by Crippen LogP contribution is 2.32. The second-order valence-corrected chi connectivity index (χ2v) is 7.79. The van der Waals surface area contributed by atoms with Crippen molar-refractivity contribution >= 4 is 17.5 Å². The van der Waals surface area contributed by atoms with E-state index in [2.05, 4.69) is 27.1 Å². The lowest BCUT2D eigenvalue weighted by Crippen LogP contribution is -2.43. The Morgan fingerprint density at radius 2 is 1.93 bits per heavy atom. The number of aromatic nitrogens is 2. The highest BCUT2D eigenvalue weighted by atomic mass is 16.5. The molecule has 1 fully saturated rings. The summed E-state index contributed by atoms with van der Waals surface area (Å²) in [7, 11) is 0. The number of carbonyl (C=O) groups is 1. The number of carbonyl (C=O) groups excluding carboxylic acids is 1. The molecule has 1 amide bonds. The normalized spacial score (nSPS) is 18.4. The predicted molar refractivity (Wildman–Crippen MR) is 111 cm³/mol. The summed E-state index contributed by atoms with van der Waals surface area (Å²) >= 11 is 0. The van der Waals surface area contributed by atoms with Gasteiger partial charge in [0.05, 0.1) is 12.5 Å². The van der Waals surface area contributed by atoms with Gasteiger partial charge in [-0.2, -0.15) is 9.97 Å². The zero-order valence-electron chi connectivity index (χ0n) is 17.2. The van der Waals surface area contributed by atoms with E-state index in [1.807, 2.05) is 6.92 Å². The van der Waals surface area contributed by atoms with E-state index in [0.29, 0.717) is 18.2 Å². The number of fused-ring (bicyclic) bond motifs is 1. The standard InChI is InChI=1S/C20H34N6O2/c1-3-7-15(2)28-20-23-18(21)16-14-17(27)26(19(16)24-20)11-6-4-5-10-25-12-8-22-9-13-25/h15,22H,3-14H2,1-2H3,(H2,21,23,24)/t15-/m0/s1. The summed E-state index contributed by atoms with van der Waals surface area (Å²) in [4.78, 5) is 25.5. The number of rotatable bonds is 10. The Labute approximate surface area is 167 Å². The zero-order valence-corrected chi connectivity index (χ0v) is 17.2. The third kappa shape index (κ3) is 5.32. The van der Waals surface area contributed by atoms with E-state index in [9.17, 15) is 4.79 Å². The molecule has 8 heteroatoms. The van der Waals surface area contributed by atoms with Crippen LogP contribution in [0.2, 0.25) is 0 Å². The van der Waals surface area contributed by atoms with Crippen LogP contribution in [0.4, 0.5) is 11.6 Å². The highest BCUT2D eigenvalue weighted by Gasteiger charge is 2.32. The molecule has 28 heavy (non-hydrogen) atoms. The van der Waals surface area contributed by atoms with Gasteiger partial charge in [-0.1, -0.05) is 19.8 Å². The van der Waals surface area contributed by atoms with E-state index in [1.165, 1.54) is 0 Å². The van der Waals surface area contributed by atoms with E-state index in [0.717, 1.165) is 70.4 Å². The molecular formula is C20H34N6O2. The summed E-state index contributed by atoms with van der Waals surface area (Å²) in [6.07, 6.45) is 5.48. The molecule has 1 saturated heterocycles. The van der Waals surface area contributed by atoms with Crippen LogP contribution in [0.3, 0.4) is 0 Å². The number of nitrogen functional groups attached to an aromatic ring is 1. The van der Waals surface area contributed by atoms with Crippen LogP contribution < -0.4 is 20.7 Å². The Morgan fingerprint density at radius 3 is 2.68 bits per heavy atom. The molecule has 0 radical (unpaired) electrons. The number of hydrogen-bond acceptors (Lipinski definition) is 7. The third-order valence-corrected chi connectivity index (χ3v) is 5.45. The van der Waals surface area contributed by atoms with Gasteiger partial charge in [-0.15, -0.1) is 0 Å². The molecule has 0 aromatic carbocycles. The van der Waals surface area contributed by atoms with Crippen LogP contribution in [0.5, 0.6) is 6.01 Å². The van der Waals surface area contributed by atoms with Crippen molar-refractivity contribution < 1.29 is 9.53 Å². The minimum Gasteiger partial charge on any atom is -0.460 e. The minimum atomic E-state index is 0.0259. The second kappa shape index (κ2) is 10.0. The Bertz CT molecular complexity index is 662. The third-order valence-electron chi connectivity index (χ3n) is 5.45. The first-order valence-electron chi connectivity index (χ1n) is 10.6. The first-order chi connectivity index (χ1) is 13.6. The number of unbranched alkanes of at least 4 members (excludes halogenated alkanes) is 2. The summed E-state index contributed by atoms with van der Waals surface area (Å²) in [5, 5.41) is 3.38. The van der Waals surface area contributed by atoms with Gasteiger partial charge in [-0.25, -0.2) is 0 Å². The lowest BCUT2D eigenvalue weighted by Gasteiger charge is -2.27. The van der Waals surface area contributed by atoms with E-state index >= 15 is 0 Å². The molecule has 3 N–H and O–H groups in total. The molecule has 0 spiro atoms.